The Morgan fingerprint density at radius 3 is 2.48 bits per heavy atom. The average molecular weight is 420 g/mol. The van der Waals surface area contributed by atoms with Crippen molar-refractivity contribution in [1.82, 2.24) is 4.98 Å². The molecule has 160 valence electrons. The maximum atomic E-state index is 14.5. The molecule has 5 nitrogen and oxygen atoms in total. The van der Waals surface area contributed by atoms with Crippen molar-refractivity contribution in [2.45, 2.75) is 44.8 Å². The fourth-order valence-electron chi connectivity index (χ4n) is 3.90. The monoisotopic (exact) mass is 420 g/mol. The Labute approximate surface area is 181 Å². The molecule has 0 bridgehead atoms. The van der Waals surface area contributed by atoms with Gasteiger partial charge in [-0.3, -0.25) is 4.98 Å². The largest absolute Gasteiger partial charge is 0.487 e. The Bertz CT molecular complexity index is 1020. The van der Waals surface area contributed by atoms with Gasteiger partial charge in [-0.15, -0.1) is 0 Å². The number of anilines is 2. The third-order valence-electron chi connectivity index (χ3n) is 5.56. The van der Waals surface area contributed by atoms with Gasteiger partial charge in [0.1, 0.15) is 0 Å². The predicted molar refractivity (Wildman–Crippen MR) is 117 cm³/mol. The quantitative estimate of drug-likeness (QED) is 0.510. The van der Waals surface area contributed by atoms with Crippen LogP contribution < -0.4 is 9.64 Å². The van der Waals surface area contributed by atoms with E-state index in [2.05, 4.69) is 4.98 Å². The molecule has 0 unspecified atom stereocenters. The maximum absolute atomic E-state index is 14.5. The first-order valence-corrected chi connectivity index (χ1v) is 10.6. The van der Waals surface area contributed by atoms with E-state index in [-0.39, 0.29) is 23.2 Å². The highest BCUT2D eigenvalue weighted by Crippen LogP contribution is 2.33. The van der Waals surface area contributed by atoms with Crippen LogP contribution in [0.1, 0.15) is 48.0 Å². The molecule has 0 aliphatic heterocycles. The zero-order valence-electron chi connectivity index (χ0n) is 17.2. The van der Waals surface area contributed by atoms with E-state index in [1.165, 1.54) is 12.5 Å². The molecule has 1 N–H and O–H groups in total. The van der Waals surface area contributed by atoms with E-state index in [4.69, 9.17) is 4.74 Å². The Morgan fingerprint density at radius 2 is 1.81 bits per heavy atom. The van der Waals surface area contributed by atoms with E-state index in [1.54, 1.807) is 48.8 Å². The van der Waals surface area contributed by atoms with E-state index >= 15 is 0 Å². The molecule has 31 heavy (non-hydrogen) atoms. The zero-order chi connectivity index (χ0) is 21.6. The molecule has 1 aliphatic carbocycles. The summed E-state index contributed by atoms with van der Waals surface area (Å²) < 4.78 is 20.6. The van der Waals surface area contributed by atoms with Gasteiger partial charge in [0, 0.05) is 36.4 Å². The third kappa shape index (κ3) is 5.20. The van der Waals surface area contributed by atoms with Crippen LogP contribution in [0.4, 0.5) is 15.8 Å². The molecule has 0 spiro atoms. The molecular formula is C25H25FN2O3. The molecular weight excluding hydrogens is 395 g/mol. The SMILES string of the molecule is O=C(O)c1ccc(N(Cc2cccnc2)c2ccc(F)c(OC3CCCCC3)c2)cc1. The van der Waals surface area contributed by atoms with Crippen LogP contribution >= 0.6 is 0 Å². The van der Waals surface area contributed by atoms with Crippen molar-refractivity contribution in [2.75, 3.05) is 4.90 Å². The predicted octanol–water partition coefficient (Wildman–Crippen LogP) is 5.97. The topological polar surface area (TPSA) is 62.7 Å². The van der Waals surface area contributed by atoms with Crippen molar-refractivity contribution in [3.63, 3.8) is 0 Å². The second kappa shape index (κ2) is 9.60. The number of aromatic nitrogens is 1. The Morgan fingerprint density at radius 1 is 1.06 bits per heavy atom. The van der Waals surface area contributed by atoms with E-state index in [1.807, 2.05) is 17.0 Å². The van der Waals surface area contributed by atoms with Crippen LogP contribution in [0.15, 0.2) is 67.0 Å². The van der Waals surface area contributed by atoms with Gasteiger partial charge in [-0.05, 0) is 73.7 Å². The standard InChI is InChI=1S/C25H25FN2O3/c26-23-13-12-21(15-24(23)31-22-6-2-1-3-7-22)28(17-18-5-4-14-27-16-18)20-10-8-19(9-11-20)25(29)30/h4-5,8-16,22H,1-3,6-7,17H2,(H,29,30). The van der Waals surface area contributed by atoms with Gasteiger partial charge in [0.2, 0.25) is 0 Å². The van der Waals surface area contributed by atoms with Crippen molar-refractivity contribution in [3.8, 4) is 5.75 Å². The summed E-state index contributed by atoms with van der Waals surface area (Å²) >= 11 is 0. The van der Waals surface area contributed by atoms with Crippen molar-refractivity contribution in [3.05, 3.63) is 83.9 Å². The van der Waals surface area contributed by atoms with Crippen LogP contribution in [0.2, 0.25) is 0 Å². The Hall–Kier alpha value is -3.41. The molecule has 0 amide bonds. The second-order valence-corrected chi connectivity index (χ2v) is 7.79. The van der Waals surface area contributed by atoms with Gasteiger partial charge in [0.15, 0.2) is 11.6 Å². The van der Waals surface area contributed by atoms with Gasteiger partial charge in [-0.2, -0.15) is 0 Å². The number of pyridine rings is 1. The van der Waals surface area contributed by atoms with Crippen LogP contribution in [-0.2, 0) is 6.54 Å². The summed E-state index contributed by atoms with van der Waals surface area (Å²) in [5, 5.41) is 9.21. The number of carboxylic acid groups (broad SMARTS) is 1. The van der Waals surface area contributed by atoms with Crippen molar-refractivity contribution < 1.29 is 19.0 Å². The molecule has 4 rings (SSSR count). The summed E-state index contributed by atoms with van der Waals surface area (Å²) in [5.74, 6) is -1.10. The summed E-state index contributed by atoms with van der Waals surface area (Å²) in [6.45, 7) is 0.495. The highest BCUT2D eigenvalue weighted by molar-refractivity contribution is 5.88. The van der Waals surface area contributed by atoms with Crippen LogP contribution in [0.5, 0.6) is 5.75 Å². The lowest BCUT2D eigenvalue weighted by atomic mass is 9.98. The molecule has 0 radical (unpaired) electrons. The minimum Gasteiger partial charge on any atom is -0.487 e. The maximum Gasteiger partial charge on any atom is 0.335 e. The summed E-state index contributed by atoms with van der Waals surface area (Å²) in [7, 11) is 0. The smallest absolute Gasteiger partial charge is 0.335 e. The fraction of sp³-hybridized carbons (Fsp3) is 0.280. The summed E-state index contributed by atoms with van der Waals surface area (Å²) in [6, 6.07) is 15.3. The van der Waals surface area contributed by atoms with Crippen molar-refractivity contribution >= 4 is 17.3 Å². The molecule has 1 heterocycles. The lowest BCUT2D eigenvalue weighted by Gasteiger charge is -2.27. The Balaban J connectivity index is 1.67. The summed E-state index contributed by atoms with van der Waals surface area (Å²) in [4.78, 5) is 17.4. The first kappa shape index (κ1) is 20.8. The number of benzene rings is 2. The first-order valence-electron chi connectivity index (χ1n) is 10.6. The molecule has 3 aromatic rings. The van der Waals surface area contributed by atoms with Gasteiger partial charge in [-0.1, -0.05) is 12.5 Å². The molecule has 1 aromatic heterocycles. The summed E-state index contributed by atoms with van der Waals surface area (Å²) in [5.41, 5.74) is 2.75. The first-order chi connectivity index (χ1) is 15.1. The lowest BCUT2D eigenvalue weighted by molar-refractivity contribution is 0.0697. The van der Waals surface area contributed by atoms with Crippen LogP contribution in [0.3, 0.4) is 0 Å². The molecule has 0 atom stereocenters. The van der Waals surface area contributed by atoms with Gasteiger partial charge in [0.25, 0.3) is 0 Å². The van der Waals surface area contributed by atoms with Crippen LogP contribution in [0.25, 0.3) is 0 Å². The van der Waals surface area contributed by atoms with E-state index < -0.39 is 5.97 Å². The number of halogens is 1. The molecule has 6 heteroatoms. The number of rotatable bonds is 7. The van der Waals surface area contributed by atoms with E-state index in [9.17, 15) is 14.3 Å². The van der Waals surface area contributed by atoms with Crippen molar-refractivity contribution in [1.29, 1.82) is 0 Å². The molecule has 1 aliphatic rings. The minimum absolute atomic E-state index is 0.0418. The van der Waals surface area contributed by atoms with Crippen LogP contribution in [0, 0.1) is 5.82 Å². The van der Waals surface area contributed by atoms with Gasteiger partial charge < -0.3 is 14.7 Å². The molecule has 1 fully saturated rings. The number of nitrogens with zero attached hydrogens (tertiary/aromatic N) is 2. The van der Waals surface area contributed by atoms with Gasteiger partial charge >= 0.3 is 5.97 Å². The third-order valence-corrected chi connectivity index (χ3v) is 5.56. The number of hydrogen-bond acceptors (Lipinski definition) is 4. The van der Waals surface area contributed by atoms with Crippen molar-refractivity contribution in [2.24, 2.45) is 0 Å². The number of aromatic carboxylic acids is 1. The number of ether oxygens (including phenoxy) is 1. The van der Waals surface area contributed by atoms with Gasteiger partial charge in [0.05, 0.1) is 11.7 Å². The number of hydrogen-bond donors (Lipinski definition) is 1. The fourth-order valence-corrected chi connectivity index (χ4v) is 3.90. The molecule has 1 saturated carbocycles. The number of carboxylic acids is 1. The van der Waals surface area contributed by atoms with Crippen LogP contribution in [-0.4, -0.2) is 22.2 Å². The lowest BCUT2D eigenvalue weighted by Crippen LogP contribution is -2.21. The number of carbonyl (C=O) groups is 1. The highest BCUT2D eigenvalue weighted by atomic mass is 19.1. The Kier molecular flexibility index (Phi) is 6.46. The summed E-state index contributed by atoms with van der Waals surface area (Å²) in [6.07, 6.45) is 8.84. The highest BCUT2D eigenvalue weighted by Gasteiger charge is 2.19. The van der Waals surface area contributed by atoms with E-state index in [0.29, 0.717) is 6.54 Å². The normalized spacial score (nSPS) is 14.2. The average Bonchev–Trinajstić information content (AvgIpc) is 2.80. The minimum atomic E-state index is -0.977. The second-order valence-electron chi connectivity index (χ2n) is 7.79. The zero-order valence-corrected chi connectivity index (χ0v) is 17.2. The molecule has 0 saturated heterocycles. The molecule has 2 aromatic carbocycles. The van der Waals surface area contributed by atoms with E-state index in [0.717, 1.165) is 42.6 Å². The van der Waals surface area contributed by atoms with Gasteiger partial charge in [-0.25, -0.2) is 9.18 Å².